The molecule has 0 aromatic carbocycles. The minimum Gasteiger partial charge on any atom is -0.393 e. The van der Waals surface area contributed by atoms with E-state index in [-0.39, 0.29) is 11.5 Å². The van der Waals surface area contributed by atoms with Crippen LogP contribution in [0.15, 0.2) is 0 Å². The molecular formula is C15H31NO. The highest BCUT2D eigenvalue weighted by Gasteiger charge is 2.41. The third kappa shape index (κ3) is 4.59. The lowest BCUT2D eigenvalue weighted by atomic mass is 9.64. The molecule has 0 spiro atoms. The van der Waals surface area contributed by atoms with E-state index >= 15 is 0 Å². The molecule has 102 valence electrons. The molecule has 1 fully saturated rings. The topological polar surface area (TPSA) is 46.2 Å². The van der Waals surface area contributed by atoms with E-state index in [1.165, 1.54) is 51.4 Å². The van der Waals surface area contributed by atoms with Crippen molar-refractivity contribution in [1.82, 2.24) is 0 Å². The Morgan fingerprint density at radius 3 is 2.12 bits per heavy atom. The van der Waals surface area contributed by atoms with E-state index in [4.69, 9.17) is 5.73 Å². The molecule has 0 heterocycles. The van der Waals surface area contributed by atoms with Gasteiger partial charge in [0.25, 0.3) is 0 Å². The molecule has 2 heteroatoms. The maximum Gasteiger partial charge on any atom is 0.0608 e. The number of rotatable bonds is 10. The van der Waals surface area contributed by atoms with Crippen LogP contribution in [0.2, 0.25) is 0 Å². The van der Waals surface area contributed by atoms with Gasteiger partial charge in [-0.2, -0.15) is 0 Å². The van der Waals surface area contributed by atoms with Gasteiger partial charge in [-0.15, -0.1) is 0 Å². The summed E-state index contributed by atoms with van der Waals surface area (Å²) in [4.78, 5) is 0. The normalized spacial score (nSPS) is 19.9. The molecule has 0 bridgehead atoms. The Labute approximate surface area is 107 Å². The monoisotopic (exact) mass is 241 g/mol. The fraction of sp³-hybridized carbons (Fsp3) is 1.00. The SMILES string of the molecule is CCCCCCCCCC(O)C1(CN)CCC1. The summed E-state index contributed by atoms with van der Waals surface area (Å²) in [6, 6.07) is 0. The Hall–Kier alpha value is -0.0800. The maximum absolute atomic E-state index is 10.2. The van der Waals surface area contributed by atoms with E-state index in [0.717, 1.165) is 19.3 Å². The Kier molecular flexibility index (Phi) is 7.14. The fourth-order valence-corrected chi connectivity index (χ4v) is 2.91. The lowest BCUT2D eigenvalue weighted by Gasteiger charge is -2.44. The van der Waals surface area contributed by atoms with E-state index in [9.17, 15) is 5.11 Å². The van der Waals surface area contributed by atoms with E-state index in [0.29, 0.717) is 6.54 Å². The summed E-state index contributed by atoms with van der Waals surface area (Å²) in [6.45, 7) is 2.92. The van der Waals surface area contributed by atoms with E-state index in [1.54, 1.807) is 0 Å². The molecule has 17 heavy (non-hydrogen) atoms. The standard InChI is InChI=1S/C15H31NO/c1-2-3-4-5-6-7-8-10-14(17)15(13-16)11-9-12-15/h14,17H,2-13,16H2,1H3. The van der Waals surface area contributed by atoms with Crippen LogP contribution < -0.4 is 5.73 Å². The van der Waals surface area contributed by atoms with Gasteiger partial charge < -0.3 is 10.8 Å². The van der Waals surface area contributed by atoms with Crippen molar-refractivity contribution in [2.24, 2.45) is 11.1 Å². The van der Waals surface area contributed by atoms with Crippen molar-refractivity contribution < 1.29 is 5.11 Å². The van der Waals surface area contributed by atoms with Crippen LogP contribution in [0.5, 0.6) is 0 Å². The number of hydrogen-bond acceptors (Lipinski definition) is 2. The number of nitrogens with two attached hydrogens (primary N) is 1. The van der Waals surface area contributed by atoms with Crippen molar-refractivity contribution in [3.8, 4) is 0 Å². The van der Waals surface area contributed by atoms with Crippen LogP contribution >= 0.6 is 0 Å². The van der Waals surface area contributed by atoms with Crippen LogP contribution in [-0.2, 0) is 0 Å². The summed E-state index contributed by atoms with van der Waals surface area (Å²) in [5.41, 5.74) is 5.89. The summed E-state index contributed by atoms with van der Waals surface area (Å²) in [5.74, 6) is 0. The van der Waals surface area contributed by atoms with Crippen LogP contribution in [0.1, 0.15) is 77.6 Å². The predicted octanol–water partition coefficient (Wildman–Crippen LogP) is 3.62. The molecule has 3 N–H and O–H groups in total. The summed E-state index contributed by atoms with van der Waals surface area (Å²) in [7, 11) is 0. The molecule has 0 aromatic heterocycles. The third-order valence-electron chi connectivity index (χ3n) is 4.54. The average Bonchev–Trinajstić information content (AvgIpc) is 2.27. The van der Waals surface area contributed by atoms with Gasteiger partial charge in [0.2, 0.25) is 0 Å². The first-order chi connectivity index (χ1) is 8.25. The van der Waals surface area contributed by atoms with E-state index in [1.807, 2.05) is 0 Å². The Balaban J connectivity index is 1.98. The van der Waals surface area contributed by atoms with Gasteiger partial charge >= 0.3 is 0 Å². The van der Waals surface area contributed by atoms with Crippen LogP contribution in [0.25, 0.3) is 0 Å². The van der Waals surface area contributed by atoms with Crippen molar-refractivity contribution in [2.75, 3.05) is 6.54 Å². The quantitative estimate of drug-likeness (QED) is 0.574. The zero-order chi connectivity index (χ0) is 12.6. The molecule has 1 saturated carbocycles. The molecule has 2 nitrogen and oxygen atoms in total. The molecular weight excluding hydrogens is 210 g/mol. The summed E-state index contributed by atoms with van der Waals surface area (Å²) in [6.07, 6.45) is 13.6. The first-order valence-corrected chi connectivity index (χ1v) is 7.63. The van der Waals surface area contributed by atoms with Crippen molar-refractivity contribution in [3.63, 3.8) is 0 Å². The molecule has 1 rings (SSSR count). The number of aliphatic hydroxyl groups excluding tert-OH is 1. The average molecular weight is 241 g/mol. The molecule has 0 aromatic rings. The summed E-state index contributed by atoms with van der Waals surface area (Å²) < 4.78 is 0. The van der Waals surface area contributed by atoms with Crippen molar-refractivity contribution >= 4 is 0 Å². The molecule has 1 unspecified atom stereocenters. The van der Waals surface area contributed by atoms with Gasteiger partial charge in [0.05, 0.1) is 6.10 Å². The first-order valence-electron chi connectivity index (χ1n) is 7.63. The third-order valence-corrected chi connectivity index (χ3v) is 4.54. The lowest BCUT2D eigenvalue weighted by Crippen LogP contribution is -2.47. The van der Waals surface area contributed by atoms with Gasteiger partial charge in [-0.1, -0.05) is 58.3 Å². The largest absolute Gasteiger partial charge is 0.393 e. The Morgan fingerprint density at radius 1 is 1.06 bits per heavy atom. The van der Waals surface area contributed by atoms with Gasteiger partial charge in [0, 0.05) is 12.0 Å². The maximum atomic E-state index is 10.2. The van der Waals surface area contributed by atoms with Crippen molar-refractivity contribution in [3.05, 3.63) is 0 Å². The first kappa shape index (κ1) is 15.0. The molecule has 0 radical (unpaired) electrons. The predicted molar refractivity (Wildman–Crippen MR) is 74.0 cm³/mol. The second-order valence-electron chi connectivity index (χ2n) is 5.85. The highest BCUT2D eigenvalue weighted by atomic mass is 16.3. The van der Waals surface area contributed by atoms with Gasteiger partial charge in [-0.25, -0.2) is 0 Å². The van der Waals surface area contributed by atoms with E-state index < -0.39 is 0 Å². The molecule has 1 aliphatic rings. The van der Waals surface area contributed by atoms with Gasteiger partial charge in [0.15, 0.2) is 0 Å². The molecule has 0 amide bonds. The fourth-order valence-electron chi connectivity index (χ4n) is 2.91. The molecule has 1 aliphatic carbocycles. The van der Waals surface area contributed by atoms with Crippen LogP contribution in [-0.4, -0.2) is 17.8 Å². The molecule has 0 saturated heterocycles. The van der Waals surface area contributed by atoms with Gasteiger partial charge in [-0.05, 0) is 19.3 Å². The minimum atomic E-state index is -0.142. The zero-order valence-corrected chi connectivity index (χ0v) is 11.6. The van der Waals surface area contributed by atoms with Gasteiger partial charge in [0.1, 0.15) is 0 Å². The van der Waals surface area contributed by atoms with Crippen molar-refractivity contribution in [1.29, 1.82) is 0 Å². The molecule has 1 atom stereocenters. The van der Waals surface area contributed by atoms with Crippen LogP contribution in [0.3, 0.4) is 0 Å². The lowest BCUT2D eigenvalue weighted by molar-refractivity contribution is -0.0333. The number of hydrogen-bond donors (Lipinski definition) is 2. The zero-order valence-electron chi connectivity index (χ0n) is 11.6. The van der Waals surface area contributed by atoms with Gasteiger partial charge in [-0.3, -0.25) is 0 Å². The van der Waals surface area contributed by atoms with Crippen LogP contribution in [0.4, 0.5) is 0 Å². The van der Waals surface area contributed by atoms with E-state index in [2.05, 4.69) is 6.92 Å². The second-order valence-corrected chi connectivity index (χ2v) is 5.85. The Morgan fingerprint density at radius 2 is 1.65 bits per heavy atom. The number of aliphatic hydroxyl groups is 1. The summed E-state index contributed by atoms with van der Waals surface area (Å²) >= 11 is 0. The van der Waals surface area contributed by atoms with Crippen LogP contribution in [0, 0.1) is 5.41 Å². The highest BCUT2D eigenvalue weighted by Crippen LogP contribution is 2.44. The number of unbranched alkanes of at least 4 members (excludes halogenated alkanes) is 6. The highest BCUT2D eigenvalue weighted by molar-refractivity contribution is 4.94. The second kappa shape index (κ2) is 8.10. The Bertz CT molecular complexity index is 184. The van der Waals surface area contributed by atoms with Crippen molar-refractivity contribution in [2.45, 2.75) is 83.7 Å². The molecule has 0 aliphatic heterocycles. The minimum absolute atomic E-state index is 0.0994. The smallest absolute Gasteiger partial charge is 0.0608 e. The summed E-state index contributed by atoms with van der Waals surface area (Å²) in [5, 5.41) is 10.2.